The first-order valence-electron chi connectivity index (χ1n) is 5.99. The van der Waals surface area contributed by atoms with Gasteiger partial charge in [0.25, 0.3) is 0 Å². The molecule has 0 saturated heterocycles. The molecule has 0 aliphatic rings. The molecule has 0 bridgehead atoms. The highest BCUT2D eigenvalue weighted by Crippen LogP contribution is 2.14. The molecule has 0 aliphatic heterocycles. The number of nitrogens with one attached hydrogen (secondary N) is 2. The van der Waals surface area contributed by atoms with Crippen LogP contribution in [0.4, 0.5) is 11.6 Å². The zero-order valence-corrected chi connectivity index (χ0v) is 11.4. The minimum atomic E-state index is 0.697. The molecule has 0 amide bonds. The number of aromatic nitrogens is 3. The fraction of sp³-hybridized carbons (Fsp3) is 0.417. The van der Waals surface area contributed by atoms with Crippen LogP contribution in [-0.4, -0.2) is 21.5 Å². The van der Waals surface area contributed by atoms with Crippen LogP contribution in [0.2, 0.25) is 0 Å². The highest BCUT2D eigenvalue weighted by atomic mass is 32.1. The monoisotopic (exact) mass is 263 g/mol. The summed E-state index contributed by atoms with van der Waals surface area (Å²) in [5.74, 6) is 1.67. The molecule has 0 atom stereocenters. The molecule has 2 rings (SSSR count). The summed E-state index contributed by atoms with van der Waals surface area (Å²) in [6.07, 6.45) is 4.52. The van der Waals surface area contributed by atoms with E-state index in [-0.39, 0.29) is 0 Å². The third-order valence-corrected chi connectivity index (χ3v) is 3.23. The molecular weight excluding hydrogens is 246 g/mol. The Morgan fingerprint density at radius 1 is 1.17 bits per heavy atom. The lowest BCUT2D eigenvalue weighted by atomic mass is 10.4. The first-order chi connectivity index (χ1) is 8.78. The summed E-state index contributed by atoms with van der Waals surface area (Å²) < 4.78 is 0. The molecule has 2 heterocycles. The highest BCUT2D eigenvalue weighted by Gasteiger charge is 2.01. The van der Waals surface area contributed by atoms with Gasteiger partial charge in [-0.1, -0.05) is 6.92 Å². The SMILES string of the molecule is CCCNc1cc(NCc2ncc(C)s2)ncn1. The molecule has 2 N–H and O–H groups in total. The van der Waals surface area contributed by atoms with Gasteiger partial charge in [0.05, 0.1) is 6.54 Å². The van der Waals surface area contributed by atoms with Crippen LogP contribution in [0, 0.1) is 6.92 Å². The van der Waals surface area contributed by atoms with E-state index < -0.39 is 0 Å². The van der Waals surface area contributed by atoms with Crippen molar-refractivity contribution in [3.63, 3.8) is 0 Å². The standard InChI is InChI=1S/C12H17N5S/c1-3-4-13-10-5-11(17-8-16-10)14-7-12-15-6-9(2)18-12/h5-6,8H,3-4,7H2,1-2H3,(H2,13,14,16,17). The Labute approximate surface area is 111 Å². The van der Waals surface area contributed by atoms with Gasteiger partial charge in [-0.15, -0.1) is 11.3 Å². The molecule has 0 aromatic carbocycles. The summed E-state index contributed by atoms with van der Waals surface area (Å²) in [6.45, 7) is 5.79. The Bertz CT molecular complexity index is 497. The quantitative estimate of drug-likeness (QED) is 0.839. The van der Waals surface area contributed by atoms with E-state index in [0.717, 1.165) is 29.6 Å². The van der Waals surface area contributed by atoms with Crippen molar-refractivity contribution in [2.45, 2.75) is 26.8 Å². The number of nitrogens with zero attached hydrogens (tertiary/aromatic N) is 3. The highest BCUT2D eigenvalue weighted by molar-refractivity contribution is 7.11. The van der Waals surface area contributed by atoms with Crippen LogP contribution in [0.25, 0.3) is 0 Å². The second-order valence-corrected chi connectivity index (χ2v) is 5.25. The Balaban J connectivity index is 1.92. The minimum Gasteiger partial charge on any atom is -0.370 e. The molecule has 6 heteroatoms. The summed E-state index contributed by atoms with van der Waals surface area (Å²) in [5.41, 5.74) is 0. The van der Waals surface area contributed by atoms with Gasteiger partial charge in [-0.3, -0.25) is 0 Å². The van der Waals surface area contributed by atoms with Gasteiger partial charge in [0.1, 0.15) is 23.0 Å². The first-order valence-corrected chi connectivity index (χ1v) is 6.80. The lowest BCUT2D eigenvalue weighted by Crippen LogP contribution is -2.05. The molecule has 96 valence electrons. The summed E-state index contributed by atoms with van der Waals surface area (Å²) in [4.78, 5) is 13.9. The molecule has 0 fully saturated rings. The van der Waals surface area contributed by atoms with Gasteiger partial charge < -0.3 is 10.6 Å². The summed E-state index contributed by atoms with van der Waals surface area (Å²) in [5, 5.41) is 7.54. The van der Waals surface area contributed by atoms with Crippen molar-refractivity contribution >= 4 is 23.0 Å². The van der Waals surface area contributed by atoms with E-state index in [2.05, 4.69) is 39.4 Å². The van der Waals surface area contributed by atoms with Crippen molar-refractivity contribution in [3.8, 4) is 0 Å². The van der Waals surface area contributed by atoms with Crippen LogP contribution in [-0.2, 0) is 6.54 Å². The van der Waals surface area contributed by atoms with E-state index in [4.69, 9.17) is 0 Å². The van der Waals surface area contributed by atoms with Crippen LogP contribution in [0.15, 0.2) is 18.6 Å². The van der Waals surface area contributed by atoms with Gasteiger partial charge in [0, 0.05) is 23.7 Å². The molecule has 5 nitrogen and oxygen atoms in total. The van der Waals surface area contributed by atoms with Crippen molar-refractivity contribution in [1.29, 1.82) is 0 Å². The zero-order valence-electron chi connectivity index (χ0n) is 10.6. The van der Waals surface area contributed by atoms with Crippen LogP contribution in [0.1, 0.15) is 23.2 Å². The fourth-order valence-electron chi connectivity index (χ4n) is 1.45. The van der Waals surface area contributed by atoms with E-state index >= 15 is 0 Å². The third-order valence-electron chi connectivity index (χ3n) is 2.31. The van der Waals surface area contributed by atoms with Crippen LogP contribution >= 0.6 is 11.3 Å². The number of aryl methyl sites for hydroxylation is 1. The van der Waals surface area contributed by atoms with Gasteiger partial charge in [0.15, 0.2) is 0 Å². The van der Waals surface area contributed by atoms with Crippen LogP contribution in [0.5, 0.6) is 0 Å². The average molecular weight is 263 g/mol. The van der Waals surface area contributed by atoms with Gasteiger partial charge >= 0.3 is 0 Å². The van der Waals surface area contributed by atoms with Gasteiger partial charge in [-0.25, -0.2) is 15.0 Å². The normalized spacial score (nSPS) is 10.3. The summed E-state index contributed by atoms with van der Waals surface area (Å²) in [6, 6.07) is 1.91. The first kappa shape index (κ1) is 12.8. The Hall–Kier alpha value is -1.69. The van der Waals surface area contributed by atoms with E-state index in [0.29, 0.717) is 6.54 Å². The maximum Gasteiger partial charge on any atom is 0.131 e. The topological polar surface area (TPSA) is 62.7 Å². The van der Waals surface area contributed by atoms with E-state index in [1.165, 1.54) is 4.88 Å². The molecular formula is C12H17N5S. The largest absolute Gasteiger partial charge is 0.370 e. The average Bonchev–Trinajstić information content (AvgIpc) is 2.80. The molecule has 2 aromatic rings. The van der Waals surface area contributed by atoms with Gasteiger partial charge in [0.2, 0.25) is 0 Å². The lowest BCUT2D eigenvalue weighted by Gasteiger charge is -2.06. The van der Waals surface area contributed by atoms with Crippen LogP contribution < -0.4 is 10.6 Å². The molecule has 18 heavy (non-hydrogen) atoms. The van der Waals surface area contributed by atoms with E-state index in [9.17, 15) is 0 Å². The van der Waals surface area contributed by atoms with Crippen LogP contribution in [0.3, 0.4) is 0 Å². The number of rotatable bonds is 6. The number of hydrogen-bond donors (Lipinski definition) is 2. The summed E-state index contributed by atoms with van der Waals surface area (Å²) in [7, 11) is 0. The number of thiazole rings is 1. The number of anilines is 2. The molecule has 0 radical (unpaired) electrons. The minimum absolute atomic E-state index is 0.697. The Morgan fingerprint density at radius 3 is 2.61 bits per heavy atom. The second-order valence-electron chi connectivity index (χ2n) is 3.93. The van der Waals surface area contributed by atoms with Gasteiger partial charge in [-0.2, -0.15) is 0 Å². The Morgan fingerprint density at radius 2 is 1.94 bits per heavy atom. The van der Waals surface area contributed by atoms with Crippen molar-refractivity contribution in [3.05, 3.63) is 28.5 Å². The molecule has 0 aliphatic carbocycles. The predicted molar refractivity (Wildman–Crippen MR) is 75.0 cm³/mol. The van der Waals surface area contributed by atoms with Crippen molar-refractivity contribution in [1.82, 2.24) is 15.0 Å². The molecule has 0 spiro atoms. The lowest BCUT2D eigenvalue weighted by molar-refractivity contribution is 0.963. The zero-order chi connectivity index (χ0) is 12.8. The van der Waals surface area contributed by atoms with Crippen molar-refractivity contribution < 1.29 is 0 Å². The van der Waals surface area contributed by atoms with Gasteiger partial charge in [-0.05, 0) is 13.3 Å². The second kappa shape index (κ2) is 6.30. The Kier molecular flexibility index (Phi) is 4.46. The smallest absolute Gasteiger partial charge is 0.131 e. The number of hydrogen-bond acceptors (Lipinski definition) is 6. The third kappa shape index (κ3) is 3.66. The van der Waals surface area contributed by atoms with E-state index in [1.54, 1.807) is 17.7 Å². The van der Waals surface area contributed by atoms with Crippen molar-refractivity contribution in [2.75, 3.05) is 17.2 Å². The molecule has 0 unspecified atom stereocenters. The van der Waals surface area contributed by atoms with Crippen molar-refractivity contribution in [2.24, 2.45) is 0 Å². The maximum atomic E-state index is 4.30. The predicted octanol–water partition coefficient (Wildman–Crippen LogP) is 2.68. The summed E-state index contributed by atoms with van der Waals surface area (Å²) >= 11 is 1.69. The molecule has 2 aromatic heterocycles. The van der Waals surface area contributed by atoms with E-state index in [1.807, 2.05) is 12.3 Å². The molecule has 0 saturated carbocycles. The fourth-order valence-corrected chi connectivity index (χ4v) is 2.18. The maximum absolute atomic E-state index is 4.30.